The van der Waals surface area contributed by atoms with Crippen molar-refractivity contribution in [2.45, 2.75) is 39.5 Å². The molecule has 4 heteroatoms. The lowest BCUT2D eigenvalue weighted by Gasteiger charge is -2.37. The predicted octanol–water partition coefficient (Wildman–Crippen LogP) is 2.23. The van der Waals surface area contributed by atoms with Crippen LogP contribution in [0.2, 0.25) is 0 Å². The van der Waals surface area contributed by atoms with Gasteiger partial charge in [-0.05, 0) is 24.7 Å². The minimum Gasteiger partial charge on any atom is -0.481 e. The van der Waals surface area contributed by atoms with Crippen molar-refractivity contribution >= 4 is 11.9 Å². The normalized spacial score (nSPS) is 34.6. The van der Waals surface area contributed by atoms with Crippen LogP contribution in [-0.2, 0) is 9.59 Å². The summed E-state index contributed by atoms with van der Waals surface area (Å²) in [6.07, 6.45) is 3.37. The van der Waals surface area contributed by atoms with Crippen molar-refractivity contribution < 1.29 is 19.8 Å². The summed E-state index contributed by atoms with van der Waals surface area (Å²) in [5.41, 5.74) is 0. The van der Waals surface area contributed by atoms with Crippen molar-refractivity contribution in [3.8, 4) is 0 Å². The zero-order chi connectivity index (χ0) is 12.3. The molecule has 0 radical (unpaired) electrons. The largest absolute Gasteiger partial charge is 0.481 e. The predicted molar refractivity (Wildman–Crippen MR) is 59.0 cm³/mol. The SMILES string of the molecule is CCCC1CCC(C(=O)O)C(C(=O)O)C1C. The molecule has 4 nitrogen and oxygen atoms in total. The van der Waals surface area contributed by atoms with E-state index >= 15 is 0 Å². The maximum Gasteiger partial charge on any atom is 0.307 e. The van der Waals surface area contributed by atoms with Crippen LogP contribution < -0.4 is 0 Å². The molecule has 1 saturated carbocycles. The van der Waals surface area contributed by atoms with E-state index < -0.39 is 23.8 Å². The molecule has 0 spiro atoms. The number of rotatable bonds is 4. The van der Waals surface area contributed by atoms with Crippen LogP contribution in [0.25, 0.3) is 0 Å². The molecule has 1 fully saturated rings. The lowest BCUT2D eigenvalue weighted by molar-refractivity contribution is -0.159. The van der Waals surface area contributed by atoms with E-state index in [-0.39, 0.29) is 5.92 Å². The molecule has 0 bridgehead atoms. The van der Waals surface area contributed by atoms with Crippen LogP contribution in [0.4, 0.5) is 0 Å². The Kier molecular flexibility index (Phi) is 4.33. The first-order chi connectivity index (χ1) is 7.49. The zero-order valence-corrected chi connectivity index (χ0v) is 9.85. The van der Waals surface area contributed by atoms with E-state index in [1.165, 1.54) is 0 Å². The molecule has 1 aliphatic rings. The lowest BCUT2D eigenvalue weighted by Crippen LogP contribution is -2.41. The Morgan fingerprint density at radius 3 is 2.25 bits per heavy atom. The second-order valence-corrected chi connectivity index (χ2v) is 4.79. The molecule has 16 heavy (non-hydrogen) atoms. The maximum atomic E-state index is 11.2. The van der Waals surface area contributed by atoms with Gasteiger partial charge in [0.25, 0.3) is 0 Å². The molecule has 4 unspecified atom stereocenters. The fourth-order valence-corrected chi connectivity index (χ4v) is 2.95. The van der Waals surface area contributed by atoms with Crippen LogP contribution in [0.15, 0.2) is 0 Å². The summed E-state index contributed by atoms with van der Waals surface area (Å²) in [6.45, 7) is 3.96. The van der Waals surface area contributed by atoms with Crippen molar-refractivity contribution in [2.24, 2.45) is 23.7 Å². The summed E-state index contributed by atoms with van der Waals surface area (Å²) >= 11 is 0. The molecule has 1 rings (SSSR count). The fourth-order valence-electron chi connectivity index (χ4n) is 2.95. The summed E-state index contributed by atoms with van der Waals surface area (Å²) in [6, 6.07) is 0. The van der Waals surface area contributed by atoms with Crippen molar-refractivity contribution in [1.82, 2.24) is 0 Å². The van der Waals surface area contributed by atoms with Gasteiger partial charge in [-0.2, -0.15) is 0 Å². The Bertz CT molecular complexity index is 274. The van der Waals surface area contributed by atoms with Gasteiger partial charge >= 0.3 is 11.9 Å². The van der Waals surface area contributed by atoms with Crippen LogP contribution >= 0.6 is 0 Å². The van der Waals surface area contributed by atoms with E-state index in [1.54, 1.807) is 0 Å². The van der Waals surface area contributed by atoms with E-state index in [4.69, 9.17) is 10.2 Å². The Labute approximate surface area is 95.7 Å². The number of hydrogen-bond donors (Lipinski definition) is 2. The second-order valence-electron chi connectivity index (χ2n) is 4.79. The summed E-state index contributed by atoms with van der Waals surface area (Å²) in [7, 11) is 0. The van der Waals surface area contributed by atoms with Crippen LogP contribution in [0, 0.1) is 23.7 Å². The number of carboxylic acid groups (broad SMARTS) is 2. The molecule has 0 aromatic carbocycles. The molecular weight excluding hydrogens is 208 g/mol. The molecule has 4 atom stereocenters. The topological polar surface area (TPSA) is 74.6 Å². The van der Waals surface area contributed by atoms with Crippen LogP contribution in [-0.4, -0.2) is 22.2 Å². The molecule has 2 N–H and O–H groups in total. The summed E-state index contributed by atoms with van der Waals surface area (Å²) in [5, 5.41) is 18.2. The number of carbonyl (C=O) groups is 2. The van der Waals surface area contributed by atoms with Gasteiger partial charge in [-0.25, -0.2) is 0 Å². The molecule has 0 aromatic heterocycles. The van der Waals surface area contributed by atoms with Crippen molar-refractivity contribution in [1.29, 1.82) is 0 Å². The first kappa shape index (κ1) is 13.0. The first-order valence-corrected chi connectivity index (χ1v) is 5.94. The number of aliphatic carboxylic acids is 2. The van der Waals surface area contributed by atoms with Gasteiger partial charge in [0.05, 0.1) is 11.8 Å². The minimum absolute atomic E-state index is 0.0349. The van der Waals surface area contributed by atoms with Crippen LogP contribution in [0.3, 0.4) is 0 Å². The highest BCUT2D eigenvalue weighted by Crippen LogP contribution is 2.41. The number of hydrogen-bond acceptors (Lipinski definition) is 2. The summed E-state index contributed by atoms with van der Waals surface area (Å²) in [5.74, 6) is -3.02. The van der Waals surface area contributed by atoms with Gasteiger partial charge in [-0.1, -0.05) is 26.7 Å². The number of carboxylic acids is 2. The third kappa shape index (κ3) is 2.54. The van der Waals surface area contributed by atoms with Gasteiger partial charge in [-0.15, -0.1) is 0 Å². The standard InChI is InChI=1S/C12H20O4/c1-3-4-8-5-6-9(11(13)14)10(7(8)2)12(15)16/h7-10H,3-6H2,1-2H3,(H,13,14)(H,15,16). The van der Waals surface area contributed by atoms with E-state index in [0.29, 0.717) is 12.3 Å². The second kappa shape index (κ2) is 5.32. The van der Waals surface area contributed by atoms with Crippen LogP contribution in [0.1, 0.15) is 39.5 Å². The molecule has 0 aromatic rings. The average Bonchev–Trinajstić information content (AvgIpc) is 2.20. The van der Waals surface area contributed by atoms with Crippen molar-refractivity contribution in [2.75, 3.05) is 0 Å². The van der Waals surface area contributed by atoms with Gasteiger partial charge < -0.3 is 10.2 Å². The quantitative estimate of drug-likeness (QED) is 0.773. The van der Waals surface area contributed by atoms with Gasteiger partial charge in [0, 0.05) is 0 Å². The van der Waals surface area contributed by atoms with Gasteiger partial charge in [0.15, 0.2) is 0 Å². The molecule has 0 amide bonds. The zero-order valence-electron chi connectivity index (χ0n) is 9.85. The highest BCUT2D eigenvalue weighted by atomic mass is 16.4. The van der Waals surface area contributed by atoms with Gasteiger partial charge in [-0.3, -0.25) is 9.59 Å². The van der Waals surface area contributed by atoms with Gasteiger partial charge in [0.1, 0.15) is 0 Å². The van der Waals surface area contributed by atoms with E-state index in [9.17, 15) is 9.59 Å². The van der Waals surface area contributed by atoms with E-state index in [0.717, 1.165) is 19.3 Å². The molecule has 0 aliphatic heterocycles. The van der Waals surface area contributed by atoms with Crippen molar-refractivity contribution in [3.05, 3.63) is 0 Å². The Hall–Kier alpha value is -1.06. The Morgan fingerprint density at radius 2 is 1.81 bits per heavy atom. The van der Waals surface area contributed by atoms with E-state index in [2.05, 4.69) is 6.92 Å². The molecular formula is C12H20O4. The van der Waals surface area contributed by atoms with E-state index in [1.807, 2.05) is 6.92 Å². The average molecular weight is 228 g/mol. The fraction of sp³-hybridized carbons (Fsp3) is 0.833. The first-order valence-electron chi connectivity index (χ1n) is 5.94. The maximum absolute atomic E-state index is 11.2. The Balaban J connectivity index is 2.82. The van der Waals surface area contributed by atoms with Gasteiger partial charge in [0.2, 0.25) is 0 Å². The highest BCUT2D eigenvalue weighted by molar-refractivity contribution is 5.80. The molecule has 0 heterocycles. The van der Waals surface area contributed by atoms with Crippen LogP contribution in [0.5, 0.6) is 0 Å². The monoisotopic (exact) mass is 228 g/mol. The third-order valence-electron chi connectivity index (χ3n) is 3.85. The molecule has 1 aliphatic carbocycles. The molecule has 0 saturated heterocycles. The minimum atomic E-state index is -0.964. The summed E-state index contributed by atoms with van der Waals surface area (Å²) < 4.78 is 0. The highest BCUT2D eigenvalue weighted by Gasteiger charge is 2.43. The Morgan fingerprint density at radius 1 is 1.19 bits per heavy atom. The van der Waals surface area contributed by atoms with Crippen molar-refractivity contribution in [3.63, 3.8) is 0 Å². The smallest absolute Gasteiger partial charge is 0.307 e. The molecule has 92 valence electrons. The lowest BCUT2D eigenvalue weighted by atomic mass is 9.66. The third-order valence-corrected chi connectivity index (χ3v) is 3.85. The summed E-state index contributed by atoms with van der Waals surface area (Å²) in [4.78, 5) is 22.2.